The molecular weight excluding hydrogens is 304 g/mol. The summed E-state index contributed by atoms with van der Waals surface area (Å²) in [5.74, 6) is 0.874. The van der Waals surface area contributed by atoms with Gasteiger partial charge in [0.15, 0.2) is 0 Å². The number of carbonyl (C=O) groups excluding carboxylic acids is 1. The highest BCUT2D eigenvalue weighted by Gasteiger charge is 2.33. The number of halogens is 1. The number of hydrogen-bond acceptors (Lipinski definition) is 2. The van der Waals surface area contributed by atoms with Crippen molar-refractivity contribution in [3.05, 3.63) is 34.9 Å². The Labute approximate surface area is 135 Å². The van der Waals surface area contributed by atoms with Gasteiger partial charge in [0.2, 0.25) is 5.91 Å². The summed E-state index contributed by atoms with van der Waals surface area (Å²) < 4.78 is 0. The average molecular weight is 326 g/mol. The Morgan fingerprint density at radius 2 is 1.90 bits per heavy atom. The zero-order valence-corrected chi connectivity index (χ0v) is 13.8. The first-order valence-corrected chi connectivity index (χ1v) is 9.17. The Balaban J connectivity index is 1.63. The fourth-order valence-electron chi connectivity index (χ4n) is 3.18. The Bertz CT molecular complexity index is 488. The minimum atomic E-state index is 0.166. The van der Waals surface area contributed by atoms with Crippen molar-refractivity contribution < 1.29 is 9.69 Å². The van der Waals surface area contributed by atoms with Crippen molar-refractivity contribution in [3.8, 4) is 0 Å². The maximum Gasteiger partial charge on any atom is 0.234 e. The van der Waals surface area contributed by atoms with Gasteiger partial charge in [-0.3, -0.25) is 4.79 Å². The molecule has 3 nitrogen and oxygen atoms in total. The summed E-state index contributed by atoms with van der Waals surface area (Å²) in [5.41, 5.74) is 1.18. The Morgan fingerprint density at radius 3 is 2.62 bits per heavy atom. The maximum absolute atomic E-state index is 12.2. The monoisotopic (exact) mass is 325 g/mol. The molecule has 0 aliphatic carbocycles. The second kappa shape index (κ2) is 7.03. The lowest BCUT2D eigenvalue weighted by Crippen LogP contribution is -3.13. The number of likely N-dealkylation sites (tertiary alicyclic amines) is 1. The third kappa shape index (κ3) is 3.74. The quantitative estimate of drug-likeness (QED) is 0.915. The van der Waals surface area contributed by atoms with Crippen molar-refractivity contribution in [1.29, 1.82) is 0 Å². The van der Waals surface area contributed by atoms with Crippen LogP contribution in [0.4, 0.5) is 0 Å². The number of carbonyl (C=O) groups is 1. The van der Waals surface area contributed by atoms with Crippen molar-refractivity contribution in [2.75, 3.05) is 31.9 Å². The van der Waals surface area contributed by atoms with E-state index in [1.807, 2.05) is 24.3 Å². The highest BCUT2D eigenvalue weighted by molar-refractivity contribution is 8.00. The number of amides is 1. The van der Waals surface area contributed by atoms with Gasteiger partial charge in [0, 0.05) is 5.02 Å². The summed E-state index contributed by atoms with van der Waals surface area (Å²) in [6.07, 6.45) is 4.03. The molecule has 0 radical (unpaired) electrons. The van der Waals surface area contributed by atoms with Crippen LogP contribution in [-0.4, -0.2) is 42.7 Å². The third-order valence-corrected chi connectivity index (χ3v) is 5.90. The van der Waals surface area contributed by atoms with Crippen LogP contribution in [-0.2, 0) is 4.79 Å². The number of benzene rings is 1. The van der Waals surface area contributed by atoms with Gasteiger partial charge in [0.25, 0.3) is 0 Å². The van der Waals surface area contributed by atoms with Crippen molar-refractivity contribution in [2.24, 2.45) is 0 Å². The van der Waals surface area contributed by atoms with Crippen LogP contribution in [0.2, 0.25) is 5.02 Å². The summed E-state index contributed by atoms with van der Waals surface area (Å²) in [6.45, 7) is 4.48. The molecule has 1 unspecified atom stereocenters. The van der Waals surface area contributed by atoms with E-state index >= 15 is 0 Å². The molecule has 2 heterocycles. The molecule has 1 aromatic carbocycles. The fraction of sp³-hybridized carbons (Fsp3) is 0.562. The van der Waals surface area contributed by atoms with Crippen LogP contribution in [0.25, 0.3) is 0 Å². The van der Waals surface area contributed by atoms with Gasteiger partial charge >= 0.3 is 0 Å². The Morgan fingerprint density at radius 1 is 1.19 bits per heavy atom. The molecule has 2 saturated heterocycles. The number of nitrogens with zero attached hydrogens (tertiary/aromatic N) is 1. The molecule has 0 spiro atoms. The first-order chi connectivity index (χ1) is 10.2. The van der Waals surface area contributed by atoms with Gasteiger partial charge in [0.05, 0.1) is 31.9 Å². The van der Waals surface area contributed by atoms with E-state index in [-0.39, 0.29) is 11.3 Å². The number of nitrogens with one attached hydrogen (secondary N) is 1. The molecule has 2 aliphatic heterocycles. The summed E-state index contributed by atoms with van der Waals surface area (Å²) in [4.78, 5) is 15.9. The number of hydrogen-bond donors (Lipinski definition) is 1. The molecule has 0 aromatic heterocycles. The predicted octanol–water partition coefficient (Wildman–Crippen LogP) is 1.98. The zero-order chi connectivity index (χ0) is 14.7. The molecule has 3 rings (SSSR count). The first-order valence-electron chi connectivity index (χ1n) is 7.74. The van der Waals surface area contributed by atoms with Crippen LogP contribution < -0.4 is 4.90 Å². The van der Waals surface area contributed by atoms with Gasteiger partial charge in [-0.1, -0.05) is 23.7 Å². The van der Waals surface area contributed by atoms with Gasteiger partial charge in [0.1, 0.15) is 5.37 Å². The number of piperidine rings is 1. The molecule has 5 heteroatoms. The largest absolute Gasteiger partial charge is 0.333 e. The predicted molar refractivity (Wildman–Crippen MR) is 87.8 cm³/mol. The van der Waals surface area contributed by atoms with Crippen LogP contribution in [0, 0.1) is 0 Å². The SMILES string of the molecule is O=C1CSC(c2ccc(Cl)cc2)N1CC[NH+]1CCCCC1. The average Bonchev–Trinajstić information content (AvgIpc) is 2.88. The van der Waals surface area contributed by atoms with E-state index in [0.717, 1.165) is 18.1 Å². The standard InChI is InChI=1S/C16H21ClN2OS/c17-14-6-4-13(5-7-14)16-19(15(20)12-21-16)11-10-18-8-2-1-3-9-18/h4-7,16H,1-3,8-12H2/p+1. The number of rotatable bonds is 4. The van der Waals surface area contributed by atoms with Crippen LogP contribution in [0.3, 0.4) is 0 Å². The molecule has 1 amide bonds. The summed E-state index contributed by atoms with van der Waals surface area (Å²) in [6, 6.07) is 7.90. The lowest BCUT2D eigenvalue weighted by atomic mass is 10.1. The normalized spacial score (nSPS) is 23.8. The van der Waals surface area contributed by atoms with Crippen molar-refractivity contribution >= 4 is 29.3 Å². The lowest BCUT2D eigenvalue weighted by Gasteiger charge is -2.28. The van der Waals surface area contributed by atoms with Crippen LogP contribution in [0.1, 0.15) is 30.2 Å². The number of thioether (sulfide) groups is 1. The summed E-state index contributed by atoms with van der Waals surface area (Å²) in [7, 11) is 0. The minimum Gasteiger partial charge on any atom is -0.333 e. The second-order valence-corrected chi connectivity index (χ2v) is 7.37. The van der Waals surface area contributed by atoms with E-state index in [1.165, 1.54) is 37.9 Å². The van der Waals surface area contributed by atoms with Crippen LogP contribution in [0.5, 0.6) is 0 Å². The second-order valence-electron chi connectivity index (χ2n) is 5.86. The molecule has 0 saturated carbocycles. The highest BCUT2D eigenvalue weighted by atomic mass is 35.5. The Kier molecular flexibility index (Phi) is 5.09. The van der Waals surface area contributed by atoms with Gasteiger partial charge in [-0.05, 0) is 37.0 Å². The fourth-order valence-corrected chi connectivity index (χ4v) is 4.52. The van der Waals surface area contributed by atoms with E-state index in [2.05, 4.69) is 4.90 Å². The molecule has 2 aliphatic rings. The zero-order valence-electron chi connectivity index (χ0n) is 12.2. The van der Waals surface area contributed by atoms with E-state index in [4.69, 9.17) is 11.6 Å². The van der Waals surface area contributed by atoms with Crippen molar-refractivity contribution in [2.45, 2.75) is 24.6 Å². The maximum atomic E-state index is 12.2. The number of quaternary nitrogens is 1. The van der Waals surface area contributed by atoms with Gasteiger partial charge in [-0.25, -0.2) is 0 Å². The molecular formula is C16H22ClN2OS+. The highest BCUT2D eigenvalue weighted by Crippen LogP contribution is 2.38. The van der Waals surface area contributed by atoms with Gasteiger partial charge in [-0.2, -0.15) is 0 Å². The van der Waals surface area contributed by atoms with Crippen molar-refractivity contribution in [3.63, 3.8) is 0 Å². The molecule has 1 atom stereocenters. The van der Waals surface area contributed by atoms with Crippen LogP contribution in [0.15, 0.2) is 24.3 Å². The van der Waals surface area contributed by atoms with Gasteiger partial charge < -0.3 is 9.80 Å². The summed E-state index contributed by atoms with van der Waals surface area (Å²) in [5, 5.41) is 0.913. The topological polar surface area (TPSA) is 24.8 Å². The van der Waals surface area contributed by atoms with Crippen molar-refractivity contribution in [1.82, 2.24) is 4.90 Å². The molecule has 1 N–H and O–H groups in total. The third-order valence-electron chi connectivity index (χ3n) is 4.39. The molecule has 21 heavy (non-hydrogen) atoms. The first kappa shape index (κ1) is 15.2. The minimum absolute atomic E-state index is 0.166. The van der Waals surface area contributed by atoms with Crippen LogP contribution >= 0.6 is 23.4 Å². The van der Waals surface area contributed by atoms with E-state index < -0.39 is 0 Å². The van der Waals surface area contributed by atoms with Gasteiger partial charge in [-0.15, -0.1) is 11.8 Å². The molecule has 114 valence electrons. The molecule has 2 fully saturated rings. The lowest BCUT2D eigenvalue weighted by molar-refractivity contribution is -0.904. The van der Waals surface area contributed by atoms with E-state index in [0.29, 0.717) is 5.75 Å². The molecule has 0 bridgehead atoms. The Hall–Kier alpha value is -0.710. The smallest absolute Gasteiger partial charge is 0.234 e. The molecule has 1 aromatic rings. The van der Waals surface area contributed by atoms with E-state index in [1.54, 1.807) is 16.7 Å². The van der Waals surface area contributed by atoms with E-state index in [9.17, 15) is 4.79 Å². The summed E-state index contributed by atoms with van der Waals surface area (Å²) >= 11 is 7.68.